The summed E-state index contributed by atoms with van der Waals surface area (Å²) in [4.78, 5) is 4.65. The van der Waals surface area contributed by atoms with E-state index < -0.39 is 0 Å². The molecular weight excluding hydrogens is 242 g/mol. The summed E-state index contributed by atoms with van der Waals surface area (Å²) < 4.78 is 0. The van der Waals surface area contributed by atoms with Crippen molar-refractivity contribution >= 4 is 17.0 Å². The first-order chi connectivity index (χ1) is 9.83. The summed E-state index contributed by atoms with van der Waals surface area (Å²) in [6, 6.07) is 25.4. The van der Waals surface area contributed by atoms with Gasteiger partial charge in [-0.2, -0.15) is 0 Å². The van der Waals surface area contributed by atoms with Crippen molar-refractivity contribution in [3.05, 3.63) is 83.9 Å². The fourth-order valence-corrected chi connectivity index (χ4v) is 2.30. The summed E-state index contributed by atoms with van der Waals surface area (Å²) in [5, 5.41) is 2.52. The van der Waals surface area contributed by atoms with Crippen LogP contribution < -0.4 is 0 Å². The maximum Gasteiger partial charge on any atom is 0.0721 e. The topological polar surface area (TPSA) is 12.4 Å². The Hall–Kier alpha value is -2.41. The average molecular weight is 259 g/mol. The van der Waals surface area contributed by atoms with Crippen LogP contribution in [0.15, 0.2) is 77.8 Å². The van der Waals surface area contributed by atoms with Gasteiger partial charge < -0.3 is 0 Å². The summed E-state index contributed by atoms with van der Waals surface area (Å²) in [6.45, 7) is 2.12. The van der Waals surface area contributed by atoms with Gasteiger partial charge in [-0.15, -0.1) is 0 Å². The van der Waals surface area contributed by atoms with E-state index in [4.69, 9.17) is 0 Å². The van der Waals surface area contributed by atoms with Crippen LogP contribution in [-0.2, 0) is 0 Å². The third kappa shape index (κ3) is 2.77. The van der Waals surface area contributed by atoms with Gasteiger partial charge in [-0.05, 0) is 34.9 Å². The maximum absolute atomic E-state index is 4.65. The number of nitrogens with zero attached hydrogens (tertiary/aromatic N) is 1. The molecule has 1 unspecified atom stereocenters. The predicted octanol–water partition coefficient (Wildman–Crippen LogP) is 5.02. The molecule has 1 heteroatoms. The van der Waals surface area contributed by atoms with Crippen molar-refractivity contribution in [1.29, 1.82) is 0 Å². The largest absolute Gasteiger partial charge is 0.285 e. The van der Waals surface area contributed by atoms with Gasteiger partial charge >= 0.3 is 0 Å². The van der Waals surface area contributed by atoms with Crippen molar-refractivity contribution in [2.75, 3.05) is 0 Å². The molecule has 0 saturated heterocycles. The SMILES string of the molecule is CC(N=Cc1ccc2ccccc2c1)c1ccccc1. The minimum atomic E-state index is 0.183. The number of benzene rings is 3. The van der Waals surface area contributed by atoms with Crippen molar-refractivity contribution in [3.8, 4) is 0 Å². The molecule has 1 atom stereocenters. The Morgan fingerprint density at radius 3 is 2.30 bits per heavy atom. The van der Waals surface area contributed by atoms with E-state index in [0.717, 1.165) is 5.56 Å². The molecule has 0 aromatic heterocycles. The van der Waals surface area contributed by atoms with Crippen molar-refractivity contribution < 1.29 is 0 Å². The summed E-state index contributed by atoms with van der Waals surface area (Å²) in [5.74, 6) is 0. The van der Waals surface area contributed by atoms with Gasteiger partial charge in [-0.3, -0.25) is 4.99 Å². The molecule has 0 radical (unpaired) electrons. The Morgan fingerprint density at radius 2 is 1.50 bits per heavy atom. The van der Waals surface area contributed by atoms with E-state index in [2.05, 4.69) is 78.6 Å². The molecule has 0 amide bonds. The molecule has 3 rings (SSSR count). The average Bonchev–Trinajstić information content (AvgIpc) is 2.53. The van der Waals surface area contributed by atoms with E-state index in [0.29, 0.717) is 0 Å². The van der Waals surface area contributed by atoms with Crippen molar-refractivity contribution in [3.63, 3.8) is 0 Å². The molecule has 0 N–H and O–H groups in total. The summed E-state index contributed by atoms with van der Waals surface area (Å²) in [6.07, 6.45) is 1.96. The molecule has 0 saturated carbocycles. The van der Waals surface area contributed by atoms with Crippen LogP contribution in [0.3, 0.4) is 0 Å². The van der Waals surface area contributed by atoms with Gasteiger partial charge in [0.2, 0.25) is 0 Å². The fraction of sp³-hybridized carbons (Fsp3) is 0.105. The second-order valence-corrected chi connectivity index (χ2v) is 4.97. The Morgan fingerprint density at radius 1 is 0.800 bits per heavy atom. The maximum atomic E-state index is 4.65. The molecule has 0 spiro atoms. The molecule has 0 aliphatic heterocycles. The lowest BCUT2D eigenvalue weighted by molar-refractivity contribution is 0.825. The van der Waals surface area contributed by atoms with Crippen LogP contribution in [0.5, 0.6) is 0 Å². The van der Waals surface area contributed by atoms with Crippen LogP contribution in [0, 0.1) is 0 Å². The number of fused-ring (bicyclic) bond motifs is 1. The quantitative estimate of drug-likeness (QED) is 0.586. The fourth-order valence-electron chi connectivity index (χ4n) is 2.30. The lowest BCUT2D eigenvalue weighted by Crippen LogP contribution is -1.90. The van der Waals surface area contributed by atoms with Crippen LogP contribution >= 0.6 is 0 Å². The number of aliphatic imine (C=N–C) groups is 1. The summed E-state index contributed by atoms with van der Waals surface area (Å²) in [5.41, 5.74) is 2.39. The molecule has 20 heavy (non-hydrogen) atoms. The molecule has 3 aromatic carbocycles. The Kier molecular flexibility index (Phi) is 3.60. The highest BCUT2D eigenvalue weighted by Gasteiger charge is 2.00. The Balaban J connectivity index is 1.83. The van der Waals surface area contributed by atoms with Gasteiger partial charge in [0, 0.05) is 6.21 Å². The van der Waals surface area contributed by atoms with Crippen LogP contribution in [0.4, 0.5) is 0 Å². The van der Waals surface area contributed by atoms with E-state index in [1.54, 1.807) is 0 Å². The Bertz CT molecular complexity index is 729. The first kappa shape index (κ1) is 12.6. The third-order valence-corrected chi connectivity index (χ3v) is 3.50. The molecule has 3 aromatic rings. The van der Waals surface area contributed by atoms with Gasteiger partial charge in [-0.1, -0.05) is 66.7 Å². The van der Waals surface area contributed by atoms with Crippen molar-refractivity contribution in [2.24, 2.45) is 4.99 Å². The van der Waals surface area contributed by atoms with Crippen LogP contribution in [0.2, 0.25) is 0 Å². The van der Waals surface area contributed by atoms with Gasteiger partial charge in [0.25, 0.3) is 0 Å². The van der Waals surface area contributed by atoms with Gasteiger partial charge in [-0.25, -0.2) is 0 Å². The lowest BCUT2D eigenvalue weighted by atomic mass is 10.1. The zero-order chi connectivity index (χ0) is 13.8. The van der Waals surface area contributed by atoms with Crippen molar-refractivity contribution in [2.45, 2.75) is 13.0 Å². The second kappa shape index (κ2) is 5.70. The highest BCUT2D eigenvalue weighted by Crippen LogP contribution is 2.17. The lowest BCUT2D eigenvalue weighted by Gasteiger charge is -2.06. The molecule has 0 bridgehead atoms. The molecule has 0 aliphatic rings. The number of rotatable bonds is 3. The highest BCUT2D eigenvalue weighted by molar-refractivity contribution is 5.90. The monoisotopic (exact) mass is 259 g/mol. The van der Waals surface area contributed by atoms with Crippen LogP contribution in [-0.4, -0.2) is 6.21 Å². The minimum Gasteiger partial charge on any atom is -0.285 e. The molecule has 0 aliphatic carbocycles. The predicted molar refractivity (Wildman–Crippen MR) is 86.4 cm³/mol. The normalized spacial score (nSPS) is 12.8. The molecule has 1 nitrogen and oxygen atoms in total. The van der Waals surface area contributed by atoms with Gasteiger partial charge in [0.05, 0.1) is 6.04 Å². The van der Waals surface area contributed by atoms with Crippen molar-refractivity contribution in [1.82, 2.24) is 0 Å². The zero-order valence-electron chi connectivity index (χ0n) is 11.5. The summed E-state index contributed by atoms with van der Waals surface area (Å²) >= 11 is 0. The first-order valence-electron chi connectivity index (χ1n) is 6.90. The standard InChI is InChI=1S/C19H17N/c1-15(17-7-3-2-4-8-17)20-14-16-11-12-18-9-5-6-10-19(18)13-16/h2-15H,1H3. The molecule has 98 valence electrons. The highest BCUT2D eigenvalue weighted by atomic mass is 14.8. The van der Waals surface area contributed by atoms with Crippen LogP contribution in [0.25, 0.3) is 10.8 Å². The third-order valence-electron chi connectivity index (χ3n) is 3.50. The first-order valence-corrected chi connectivity index (χ1v) is 6.90. The molecule has 0 heterocycles. The number of hydrogen-bond acceptors (Lipinski definition) is 1. The smallest absolute Gasteiger partial charge is 0.0721 e. The van der Waals surface area contributed by atoms with E-state index in [9.17, 15) is 0 Å². The molecule has 0 fully saturated rings. The van der Waals surface area contributed by atoms with E-state index in [-0.39, 0.29) is 6.04 Å². The second-order valence-electron chi connectivity index (χ2n) is 4.97. The van der Waals surface area contributed by atoms with Gasteiger partial charge in [0.15, 0.2) is 0 Å². The number of hydrogen-bond donors (Lipinski definition) is 0. The van der Waals surface area contributed by atoms with E-state index >= 15 is 0 Å². The Labute approximate surface area is 119 Å². The minimum absolute atomic E-state index is 0.183. The zero-order valence-corrected chi connectivity index (χ0v) is 11.5. The van der Waals surface area contributed by atoms with Gasteiger partial charge in [0.1, 0.15) is 0 Å². The summed E-state index contributed by atoms with van der Waals surface area (Å²) in [7, 11) is 0. The van der Waals surface area contributed by atoms with E-state index in [1.165, 1.54) is 16.3 Å². The van der Waals surface area contributed by atoms with Crippen LogP contribution in [0.1, 0.15) is 24.1 Å². The van der Waals surface area contributed by atoms with E-state index in [1.807, 2.05) is 12.3 Å². The molecular formula is C19H17N.